The van der Waals surface area contributed by atoms with Gasteiger partial charge in [-0.25, -0.2) is 4.79 Å². The molecule has 4 rings (SSSR count). The zero-order valence-electron chi connectivity index (χ0n) is 17.0. The first-order valence-electron chi connectivity index (χ1n) is 9.90. The van der Waals surface area contributed by atoms with Crippen LogP contribution in [0.25, 0.3) is 0 Å². The fraction of sp³-hybridized carbons (Fsp3) is 0.450. The molecule has 11 heteroatoms. The Hall–Kier alpha value is -2.92. The average Bonchev–Trinajstić information content (AvgIpc) is 3.32. The van der Waals surface area contributed by atoms with Gasteiger partial charge in [0, 0.05) is 31.9 Å². The summed E-state index contributed by atoms with van der Waals surface area (Å²) in [7, 11) is 0. The fourth-order valence-electron chi connectivity index (χ4n) is 3.64. The Morgan fingerprint density at radius 2 is 2.03 bits per heavy atom. The maximum absolute atomic E-state index is 12.7. The third-order valence-electron chi connectivity index (χ3n) is 5.07. The summed E-state index contributed by atoms with van der Waals surface area (Å²) < 4.78 is 33.7. The fourth-order valence-corrected chi connectivity index (χ4v) is 3.64. The van der Waals surface area contributed by atoms with Crippen molar-refractivity contribution in [3.05, 3.63) is 46.8 Å². The van der Waals surface area contributed by atoms with Crippen molar-refractivity contribution >= 4 is 17.6 Å². The van der Waals surface area contributed by atoms with Gasteiger partial charge in [-0.3, -0.25) is 14.4 Å². The van der Waals surface area contributed by atoms with E-state index in [-0.39, 0.29) is 5.91 Å². The van der Waals surface area contributed by atoms with E-state index in [4.69, 9.17) is 9.90 Å². The molecule has 3 N–H and O–H groups in total. The Balaban J connectivity index is 0.000000339. The lowest BCUT2D eigenvalue weighted by atomic mass is 10.1. The zero-order chi connectivity index (χ0) is 22.6. The van der Waals surface area contributed by atoms with Gasteiger partial charge < -0.3 is 15.7 Å². The molecule has 0 atom stereocenters. The van der Waals surface area contributed by atoms with Gasteiger partial charge in [0.2, 0.25) is 0 Å². The number of nitrogens with one attached hydrogen (secondary N) is 2. The van der Waals surface area contributed by atoms with Gasteiger partial charge in [0.15, 0.2) is 0 Å². The Morgan fingerprint density at radius 1 is 1.29 bits per heavy atom. The normalized spacial score (nSPS) is 15.5. The number of anilines is 1. The molecule has 0 aliphatic carbocycles. The molecule has 0 fully saturated rings. The summed E-state index contributed by atoms with van der Waals surface area (Å²) in [5, 5.41) is 17.9. The molecule has 2 aliphatic heterocycles. The summed E-state index contributed by atoms with van der Waals surface area (Å²) in [6.45, 7) is 7.57. The topological polar surface area (TPSA) is 99.5 Å². The van der Waals surface area contributed by atoms with Crippen LogP contribution in [0, 0.1) is 0 Å². The largest absolute Gasteiger partial charge is 0.490 e. The average molecular weight is 439 g/mol. The first-order valence-corrected chi connectivity index (χ1v) is 9.90. The van der Waals surface area contributed by atoms with Crippen molar-refractivity contribution in [2.75, 3.05) is 18.4 Å². The van der Waals surface area contributed by atoms with E-state index in [1.54, 1.807) is 6.20 Å². The van der Waals surface area contributed by atoms with Gasteiger partial charge in [-0.15, -0.1) is 0 Å². The summed E-state index contributed by atoms with van der Waals surface area (Å²) in [4.78, 5) is 24.1. The summed E-state index contributed by atoms with van der Waals surface area (Å²) in [5.41, 5.74) is 5.14. The molecule has 2 aliphatic rings. The summed E-state index contributed by atoms with van der Waals surface area (Å²) in [6.07, 6.45) is -2.25. The van der Waals surface area contributed by atoms with Crippen molar-refractivity contribution in [3.8, 4) is 0 Å². The predicted molar refractivity (Wildman–Crippen MR) is 106 cm³/mol. The van der Waals surface area contributed by atoms with E-state index in [0.717, 1.165) is 50.5 Å². The number of nitrogens with zero attached hydrogens (tertiary/aromatic N) is 3. The van der Waals surface area contributed by atoms with E-state index in [9.17, 15) is 18.0 Å². The number of halogens is 3. The zero-order valence-corrected chi connectivity index (χ0v) is 17.0. The van der Waals surface area contributed by atoms with Crippen LogP contribution in [-0.2, 0) is 31.0 Å². The summed E-state index contributed by atoms with van der Waals surface area (Å²) >= 11 is 0. The molecule has 0 unspecified atom stereocenters. The molecule has 1 aromatic heterocycles. The number of carboxylic acid groups (broad SMARTS) is 1. The van der Waals surface area contributed by atoms with Crippen molar-refractivity contribution in [2.45, 2.75) is 45.7 Å². The number of hydrogen-bond donors (Lipinski definition) is 3. The molecule has 0 radical (unpaired) electrons. The summed E-state index contributed by atoms with van der Waals surface area (Å²) in [5.74, 6) is -2.82. The van der Waals surface area contributed by atoms with Gasteiger partial charge in [-0.1, -0.05) is 19.1 Å². The molecule has 1 amide bonds. The van der Waals surface area contributed by atoms with Crippen LogP contribution in [-0.4, -0.2) is 50.9 Å². The minimum absolute atomic E-state index is 0.0673. The Kier molecular flexibility index (Phi) is 6.96. The van der Waals surface area contributed by atoms with Crippen molar-refractivity contribution in [1.82, 2.24) is 20.0 Å². The SMILES string of the molecule is CCCN1Cc2cccc(NC(=O)c3cnn4c3CNCC4)c2C1.O=C(O)C(F)(F)F. The van der Waals surface area contributed by atoms with Crippen molar-refractivity contribution in [2.24, 2.45) is 0 Å². The molecule has 31 heavy (non-hydrogen) atoms. The molecule has 3 heterocycles. The number of hydrogen-bond acceptors (Lipinski definition) is 5. The molecule has 0 bridgehead atoms. The van der Waals surface area contributed by atoms with Crippen LogP contribution in [0.4, 0.5) is 18.9 Å². The number of fused-ring (bicyclic) bond motifs is 2. The number of aliphatic carboxylic acids is 1. The van der Waals surface area contributed by atoms with Crippen LogP contribution in [0.2, 0.25) is 0 Å². The molecular weight excluding hydrogens is 415 g/mol. The van der Waals surface area contributed by atoms with Crippen LogP contribution in [0.15, 0.2) is 24.4 Å². The van der Waals surface area contributed by atoms with E-state index in [1.807, 2.05) is 16.8 Å². The van der Waals surface area contributed by atoms with Crippen LogP contribution in [0.3, 0.4) is 0 Å². The highest BCUT2D eigenvalue weighted by Crippen LogP contribution is 2.30. The highest BCUT2D eigenvalue weighted by Gasteiger charge is 2.38. The van der Waals surface area contributed by atoms with Gasteiger partial charge in [0.1, 0.15) is 0 Å². The number of alkyl halides is 3. The Labute approximate surface area is 177 Å². The molecule has 2 aromatic rings. The number of carbonyl (C=O) groups is 2. The van der Waals surface area contributed by atoms with E-state index in [2.05, 4.69) is 33.6 Å². The number of carboxylic acids is 1. The molecule has 0 saturated carbocycles. The molecule has 0 spiro atoms. The third kappa shape index (κ3) is 5.42. The molecular formula is C20H24F3N5O3. The number of aromatic nitrogens is 2. The quantitative estimate of drug-likeness (QED) is 0.677. The first-order chi connectivity index (χ1) is 14.7. The minimum Gasteiger partial charge on any atom is -0.475 e. The number of rotatable bonds is 4. The predicted octanol–water partition coefficient (Wildman–Crippen LogP) is 2.60. The van der Waals surface area contributed by atoms with Crippen molar-refractivity contribution in [3.63, 3.8) is 0 Å². The van der Waals surface area contributed by atoms with E-state index < -0.39 is 12.1 Å². The van der Waals surface area contributed by atoms with Crippen molar-refractivity contribution < 1.29 is 27.9 Å². The Bertz CT molecular complexity index is 958. The smallest absolute Gasteiger partial charge is 0.475 e. The van der Waals surface area contributed by atoms with Crippen LogP contribution < -0.4 is 10.6 Å². The third-order valence-corrected chi connectivity index (χ3v) is 5.07. The van der Waals surface area contributed by atoms with Gasteiger partial charge in [-0.2, -0.15) is 18.3 Å². The maximum atomic E-state index is 12.7. The number of carbonyl (C=O) groups excluding carboxylic acids is 1. The number of benzene rings is 1. The van der Waals surface area contributed by atoms with Crippen LogP contribution in [0.5, 0.6) is 0 Å². The van der Waals surface area contributed by atoms with Gasteiger partial charge in [0.05, 0.1) is 24.0 Å². The lowest BCUT2D eigenvalue weighted by Gasteiger charge is -2.16. The molecule has 1 aromatic carbocycles. The van der Waals surface area contributed by atoms with Gasteiger partial charge in [0.25, 0.3) is 5.91 Å². The maximum Gasteiger partial charge on any atom is 0.490 e. The second-order valence-corrected chi connectivity index (χ2v) is 7.32. The van der Waals surface area contributed by atoms with E-state index in [1.165, 1.54) is 11.1 Å². The highest BCUT2D eigenvalue weighted by molar-refractivity contribution is 6.05. The van der Waals surface area contributed by atoms with Crippen LogP contribution >= 0.6 is 0 Å². The second kappa shape index (κ2) is 9.48. The van der Waals surface area contributed by atoms with E-state index in [0.29, 0.717) is 12.1 Å². The second-order valence-electron chi connectivity index (χ2n) is 7.32. The Morgan fingerprint density at radius 3 is 2.71 bits per heavy atom. The van der Waals surface area contributed by atoms with Crippen LogP contribution in [0.1, 0.15) is 40.5 Å². The van der Waals surface area contributed by atoms with E-state index >= 15 is 0 Å². The monoisotopic (exact) mass is 439 g/mol. The molecule has 168 valence electrons. The highest BCUT2D eigenvalue weighted by atomic mass is 19.4. The lowest BCUT2D eigenvalue weighted by molar-refractivity contribution is -0.192. The standard InChI is InChI=1S/C18H23N5O.C2HF3O2/c1-2-7-22-11-13-4-3-5-16(15(13)12-22)21-18(24)14-9-20-23-8-6-19-10-17(14)23;3-2(4,5)1(6)7/h3-5,9,19H,2,6-8,10-12H2,1H3,(H,21,24);(H,6,7). The molecule has 0 saturated heterocycles. The van der Waals surface area contributed by atoms with Gasteiger partial charge in [-0.05, 0) is 30.2 Å². The van der Waals surface area contributed by atoms with Crippen molar-refractivity contribution in [1.29, 1.82) is 0 Å². The minimum atomic E-state index is -5.08. The lowest BCUT2D eigenvalue weighted by Crippen LogP contribution is -2.30. The first kappa shape index (κ1) is 22.8. The summed E-state index contributed by atoms with van der Waals surface area (Å²) in [6, 6.07) is 6.19. The molecule has 8 nitrogen and oxygen atoms in total. The van der Waals surface area contributed by atoms with Gasteiger partial charge >= 0.3 is 12.1 Å². The number of amides is 1.